The van der Waals surface area contributed by atoms with Crippen molar-refractivity contribution in [3.8, 4) is 11.5 Å². The van der Waals surface area contributed by atoms with Gasteiger partial charge < -0.3 is 14.4 Å². The first-order valence-electron chi connectivity index (χ1n) is 10.2. The second kappa shape index (κ2) is 8.51. The highest BCUT2D eigenvalue weighted by Gasteiger charge is 2.21. The minimum Gasteiger partial charge on any atom is -0.493 e. The second-order valence-corrected chi connectivity index (χ2v) is 7.52. The summed E-state index contributed by atoms with van der Waals surface area (Å²) >= 11 is 0. The average Bonchev–Trinajstić information content (AvgIpc) is 3.41. The fourth-order valence-corrected chi connectivity index (χ4v) is 4.13. The standard InChI is InChI=1S/C24H29NO2/c1-26-23-16-15-21(17-24(23)27-22-13-7-8-14-22)25(20-11-5-6-12-20)18-19-9-3-2-4-10-19/h2-4,9-11,15-17,22H,5-8,12-14,18H2,1H3. The molecule has 0 unspecified atom stereocenters. The number of methoxy groups -OCH3 is 1. The van der Waals surface area contributed by atoms with Crippen LogP contribution >= 0.6 is 0 Å². The van der Waals surface area contributed by atoms with Crippen molar-refractivity contribution in [1.82, 2.24) is 0 Å². The fraction of sp³-hybridized carbons (Fsp3) is 0.417. The van der Waals surface area contributed by atoms with Gasteiger partial charge in [-0.15, -0.1) is 0 Å². The Kier molecular flexibility index (Phi) is 5.66. The number of nitrogens with zero attached hydrogens (tertiary/aromatic N) is 1. The number of anilines is 1. The molecule has 27 heavy (non-hydrogen) atoms. The topological polar surface area (TPSA) is 21.7 Å². The number of allylic oxidation sites excluding steroid dienone is 2. The molecule has 142 valence electrons. The van der Waals surface area contributed by atoms with Gasteiger partial charge in [-0.05, 0) is 62.6 Å². The quantitative estimate of drug-likeness (QED) is 0.594. The minimum atomic E-state index is 0.322. The Morgan fingerprint density at radius 2 is 1.78 bits per heavy atom. The summed E-state index contributed by atoms with van der Waals surface area (Å²) < 4.78 is 11.9. The number of ether oxygens (including phenoxy) is 2. The van der Waals surface area contributed by atoms with Crippen LogP contribution in [0.25, 0.3) is 0 Å². The zero-order chi connectivity index (χ0) is 18.5. The van der Waals surface area contributed by atoms with Crippen LogP contribution in [-0.4, -0.2) is 13.2 Å². The Labute approximate surface area is 162 Å². The van der Waals surface area contributed by atoms with E-state index >= 15 is 0 Å². The smallest absolute Gasteiger partial charge is 0.163 e. The maximum Gasteiger partial charge on any atom is 0.163 e. The molecule has 0 aromatic heterocycles. The van der Waals surface area contributed by atoms with E-state index in [9.17, 15) is 0 Å². The molecule has 0 radical (unpaired) electrons. The van der Waals surface area contributed by atoms with Crippen LogP contribution in [0.4, 0.5) is 5.69 Å². The highest BCUT2D eigenvalue weighted by atomic mass is 16.5. The zero-order valence-corrected chi connectivity index (χ0v) is 16.2. The molecule has 0 saturated heterocycles. The van der Waals surface area contributed by atoms with Crippen molar-refractivity contribution < 1.29 is 9.47 Å². The zero-order valence-electron chi connectivity index (χ0n) is 16.2. The van der Waals surface area contributed by atoms with Crippen molar-refractivity contribution >= 4 is 5.69 Å². The fourth-order valence-electron chi connectivity index (χ4n) is 4.13. The molecule has 3 heteroatoms. The molecule has 2 aliphatic carbocycles. The predicted molar refractivity (Wildman–Crippen MR) is 110 cm³/mol. The molecule has 1 fully saturated rings. The van der Waals surface area contributed by atoms with Crippen molar-refractivity contribution in [3.05, 3.63) is 65.9 Å². The Hall–Kier alpha value is -2.42. The van der Waals surface area contributed by atoms with Crippen LogP contribution in [0.5, 0.6) is 11.5 Å². The van der Waals surface area contributed by atoms with E-state index in [1.54, 1.807) is 7.11 Å². The van der Waals surface area contributed by atoms with E-state index in [4.69, 9.17) is 9.47 Å². The van der Waals surface area contributed by atoms with Gasteiger partial charge in [0.2, 0.25) is 0 Å². The number of hydrogen-bond donors (Lipinski definition) is 0. The van der Waals surface area contributed by atoms with Gasteiger partial charge >= 0.3 is 0 Å². The molecule has 0 amide bonds. The molecule has 0 atom stereocenters. The van der Waals surface area contributed by atoms with E-state index in [-0.39, 0.29) is 0 Å². The first kappa shape index (κ1) is 18.0. The lowest BCUT2D eigenvalue weighted by molar-refractivity contribution is 0.201. The van der Waals surface area contributed by atoms with Gasteiger partial charge in [0.05, 0.1) is 13.2 Å². The number of rotatable bonds is 7. The van der Waals surface area contributed by atoms with Gasteiger partial charge in [0.25, 0.3) is 0 Å². The van der Waals surface area contributed by atoms with E-state index in [1.165, 1.54) is 42.6 Å². The third kappa shape index (κ3) is 4.29. The van der Waals surface area contributed by atoms with E-state index < -0.39 is 0 Å². The normalized spacial score (nSPS) is 17.0. The Bertz CT molecular complexity index is 778. The van der Waals surface area contributed by atoms with Crippen molar-refractivity contribution in [3.63, 3.8) is 0 Å². The van der Waals surface area contributed by atoms with Crippen LogP contribution in [0.1, 0.15) is 50.5 Å². The molecule has 2 aromatic rings. The van der Waals surface area contributed by atoms with Crippen LogP contribution in [-0.2, 0) is 6.54 Å². The minimum absolute atomic E-state index is 0.322. The molecule has 0 spiro atoms. The third-order valence-corrected chi connectivity index (χ3v) is 5.60. The molecule has 0 bridgehead atoms. The summed E-state index contributed by atoms with van der Waals surface area (Å²) in [6.07, 6.45) is 11.1. The first-order valence-corrected chi connectivity index (χ1v) is 10.2. The Balaban J connectivity index is 1.64. The highest BCUT2D eigenvalue weighted by Crippen LogP contribution is 2.37. The van der Waals surface area contributed by atoms with E-state index in [0.29, 0.717) is 6.10 Å². The van der Waals surface area contributed by atoms with Gasteiger partial charge in [0.1, 0.15) is 0 Å². The van der Waals surface area contributed by atoms with Gasteiger partial charge in [0, 0.05) is 24.0 Å². The number of hydrogen-bond acceptors (Lipinski definition) is 3. The largest absolute Gasteiger partial charge is 0.493 e. The number of benzene rings is 2. The molecule has 4 rings (SSSR count). The van der Waals surface area contributed by atoms with Gasteiger partial charge in [0.15, 0.2) is 11.5 Å². The van der Waals surface area contributed by atoms with Crippen molar-refractivity contribution in [2.24, 2.45) is 0 Å². The van der Waals surface area contributed by atoms with E-state index in [1.807, 2.05) is 6.07 Å². The van der Waals surface area contributed by atoms with E-state index in [0.717, 1.165) is 37.3 Å². The molecule has 0 N–H and O–H groups in total. The second-order valence-electron chi connectivity index (χ2n) is 7.52. The highest BCUT2D eigenvalue weighted by molar-refractivity contribution is 5.60. The lowest BCUT2D eigenvalue weighted by atomic mass is 10.1. The van der Waals surface area contributed by atoms with Crippen molar-refractivity contribution in [2.45, 2.75) is 57.6 Å². The maximum atomic E-state index is 6.33. The van der Waals surface area contributed by atoms with Gasteiger partial charge in [-0.3, -0.25) is 0 Å². The van der Waals surface area contributed by atoms with Gasteiger partial charge in [-0.25, -0.2) is 0 Å². The van der Waals surface area contributed by atoms with Gasteiger partial charge in [-0.2, -0.15) is 0 Å². The SMILES string of the molecule is COc1ccc(N(Cc2ccccc2)C2=CCCC2)cc1OC1CCCC1. The lowest BCUT2D eigenvalue weighted by Gasteiger charge is -2.28. The molecule has 1 saturated carbocycles. The molecular formula is C24H29NO2. The molecule has 2 aliphatic rings. The van der Waals surface area contributed by atoms with Crippen LogP contribution < -0.4 is 14.4 Å². The third-order valence-electron chi connectivity index (χ3n) is 5.60. The first-order chi connectivity index (χ1) is 13.3. The Morgan fingerprint density at radius 1 is 0.963 bits per heavy atom. The summed E-state index contributed by atoms with van der Waals surface area (Å²) in [6.45, 7) is 0.877. The lowest BCUT2D eigenvalue weighted by Crippen LogP contribution is -2.21. The van der Waals surface area contributed by atoms with Crippen LogP contribution in [0.3, 0.4) is 0 Å². The summed E-state index contributed by atoms with van der Waals surface area (Å²) in [5, 5.41) is 0. The van der Waals surface area contributed by atoms with Crippen LogP contribution in [0, 0.1) is 0 Å². The van der Waals surface area contributed by atoms with Crippen molar-refractivity contribution in [2.75, 3.05) is 12.0 Å². The summed E-state index contributed by atoms with van der Waals surface area (Å²) in [6, 6.07) is 17.1. The maximum absolute atomic E-state index is 6.33. The molecule has 2 aromatic carbocycles. The van der Waals surface area contributed by atoms with Gasteiger partial charge in [-0.1, -0.05) is 36.4 Å². The summed E-state index contributed by atoms with van der Waals surface area (Å²) in [5.41, 5.74) is 3.91. The summed E-state index contributed by atoms with van der Waals surface area (Å²) in [5.74, 6) is 1.70. The van der Waals surface area contributed by atoms with Crippen LogP contribution in [0.2, 0.25) is 0 Å². The Morgan fingerprint density at radius 3 is 2.48 bits per heavy atom. The predicted octanol–water partition coefficient (Wildman–Crippen LogP) is 6.09. The molecule has 3 nitrogen and oxygen atoms in total. The average molecular weight is 364 g/mol. The van der Waals surface area contributed by atoms with E-state index in [2.05, 4.69) is 53.4 Å². The summed E-state index contributed by atoms with van der Waals surface area (Å²) in [7, 11) is 1.72. The van der Waals surface area contributed by atoms with Crippen LogP contribution in [0.15, 0.2) is 60.3 Å². The molecule has 0 aliphatic heterocycles. The monoisotopic (exact) mass is 363 g/mol. The molecular weight excluding hydrogens is 334 g/mol. The van der Waals surface area contributed by atoms with Crippen molar-refractivity contribution in [1.29, 1.82) is 0 Å². The summed E-state index contributed by atoms with van der Waals surface area (Å²) in [4.78, 5) is 2.43. The molecule has 0 heterocycles.